The number of aromatic nitrogens is 2. The smallest absolute Gasteiger partial charge is 0.0362 e. The fourth-order valence-corrected chi connectivity index (χ4v) is 1.50. The van der Waals surface area contributed by atoms with E-state index in [-0.39, 0.29) is 0 Å². The third kappa shape index (κ3) is 1.39. The summed E-state index contributed by atoms with van der Waals surface area (Å²) in [7, 11) is 0. The lowest BCUT2D eigenvalue weighted by molar-refractivity contribution is 0.868. The highest BCUT2D eigenvalue weighted by Crippen LogP contribution is 2.22. The molecule has 0 unspecified atom stereocenters. The summed E-state index contributed by atoms with van der Waals surface area (Å²) in [5.74, 6) is 0.513. The molecule has 13 heavy (non-hydrogen) atoms. The lowest BCUT2D eigenvalue weighted by Gasteiger charge is -2.07. The highest BCUT2D eigenvalue weighted by atomic mass is 14.7. The molecule has 2 nitrogen and oxygen atoms in total. The Labute approximate surface area is 77.6 Å². The average molecular weight is 172 g/mol. The van der Waals surface area contributed by atoms with Gasteiger partial charge < -0.3 is 0 Å². The van der Waals surface area contributed by atoms with Crippen molar-refractivity contribution in [1.82, 2.24) is 9.97 Å². The number of hydrogen-bond acceptors (Lipinski definition) is 2. The van der Waals surface area contributed by atoms with Crippen LogP contribution >= 0.6 is 0 Å². The normalized spacial score (nSPS) is 11.0. The molecule has 2 aromatic rings. The molecule has 0 saturated heterocycles. The summed E-state index contributed by atoms with van der Waals surface area (Å²) in [4.78, 5) is 8.27. The van der Waals surface area contributed by atoms with Gasteiger partial charge in [0, 0.05) is 30.2 Å². The van der Waals surface area contributed by atoms with Crippen molar-refractivity contribution in [2.45, 2.75) is 19.8 Å². The van der Waals surface area contributed by atoms with Gasteiger partial charge in [0.05, 0.1) is 0 Å². The lowest BCUT2D eigenvalue weighted by Crippen LogP contribution is -1.91. The fraction of sp³-hybridized carbons (Fsp3) is 0.273. The third-order valence-electron chi connectivity index (χ3n) is 2.21. The first-order valence-corrected chi connectivity index (χ1v) is 4.46. The fourth-order valence-electron chi connectivity index (χ4n) is 1.50. The van der Waals surface area contributed by atoms with Crippen molar-refractivity contribution in [1.29, 1.82) is 0 Å². The molecule has 0 aliphatic heterocycles. The zero-order valence-electron chi connectivity index (χ0n) is 7.86. The molecule has 0 spiro atoms. The van der Waals surface area contributed by atoms with Gasteiger partial charge >= 0.3 is 0 Å². The number of pyridine rings is 2. The first-order chi connectivity index (χ1) is 6.29. The molecule has 0 radical (unpaired) electrons. The molecule has 2 heteroatoms. The van der Waals surface area contributed by atoms with Crippen molar-refractivity contribution < 1.29 is 0 Å². The van der Waals surface area contributed by atoms with Gasteiger partial charge in [0.1, 0.15) is 0 Å². The minimum absolute atomic E-state index is 0.513. The standard InChI is InChI=1S/C11H12N2/c1-8(2)11-7-13-6-9-5-12-4-3-10(9)11/h3-8H,1-2H3. The maximum Gasteiger partial charge on any atom is 0.0362 e. The lowest BCUT2D eigenvalue weighted by atomic mass is 10.0. The van der Waals surface area contributed by atoms with Crippen LogP contribution in [-0.2, 0) is 0 Å². The van der Waals surface area contributed by atoms with Gasteiger partial charge in [-0.05, 0) is 22.9 Å². The van der Waals surface area contributed by atoms with Crippen LogP contribution < -0.4 is 0 Å². The second kappa shape index (κ2) is 3.13. The molecule has 0 N–H and O–H groups in total. The van der Waals surface area contributed by atoms with Gasteiger partial charge in [-0.3, -0.25) is 9.97 Å². The van der Waals surface area contributed by atoms with Crippen molar-refractivity contribution in [3.8, 4) is 0 Å². The van der Waals surface area contributed by atoms with Crippen LogP contribution in [0.1, 0.15) is 25.3 Å². The molecule has 0 aliphatic carbocycles. The van der Waals surface area contributed by atoms with Crippen molar-refractivity contribution in [3.05, 3.63) is 36.4 Å². The monoisotopic (exact) mass is 172 g/mol. The molecule has 0 bridgehead atoms. The zero-order valence-corrected chi connectivity index (χ0v) is 7.86. The SMILES string of the molecule is CC(C)c1cncc2cnccc12. The summed E-state index contributed by atoms with van der Waals surface area (Å²) in [6.07, 6.45) is 7.48. The first-order valence-electron chi connectivity index (χ1n) is 4.46. The maximum atomic E-state index is 4.19. The molecule has 0 saturated carbocycles. The molecule has 2 heterocycles. The van der Waals surface area contributed by atoms with Crippen LogP contribution in [0.5, 0.6) is 0 Å². The van der Waals surface area contributed by atoms with E-state index in [1.807, 2.05) is 30.9 Å². The van der Waals surface area contributed by atoms with Gasteiger partial charge in [0.15, 0.2) is 0 Å². The second-order valence-electron chi connectivity index (χ2n) is 3.48. The summed E-state index contributed by atoms with van der Waals surface area (Å²) in [5, 5.41) is 2.38. The summed E-state index contributed by atoms with van der Waals surface area (Å²) < 4.78 is 0. The van der Waals surface area contributed by atoms with E-state index in [1.54, 1.807) is 0 Å². The van der Waals surface area contributed by atoms with Crippen molar-refractivity contribution in [2.75, 3.05) is 0 Å². The highest BCUT2D eigenvalue weighted by Gasteiger charge is 2.04. The Hall–Kier alpha value is -1.44. The molecule has 66 valence electrons. The van der Waals surface area contributed by atoms with E-state index in [1.165, 1.54) is 10.9 Å². The minimum Gasteiger partial charge on any atom is -0.264 e. The van der Waals surface area contributed by atoms with Crippen molar-refractivity contribution >= 4 is 10.8 Å². The van der Waals surface area contributed by atoms with Crippen LogP contribution in [0.15, 0.2) is 30.9 Å². The van der Waals surface area contributed by atoms with Gasteiger partial charge in [-0.2, -0.15) is 0 Å². The van der Waals surface area contributed by atoms with Gasteiger partial charge in [-0.15, -0.1) is 0 Å². The summed E-state index contributed by atoms with van der Waals surface area (Å²) in [6, 6.07) is 2.05. The predicted octanol–water partition coefficient (Wildman–Crippen LogP) is 2.75. The van der Waals surface area contributed by atoms with E-state index in [9.17, 15) is 0 Å². The van der Waals surface area contributed by atoms with E-state index in [0.717, 1.165) is 5.39 Å². The molecule has 0 aliphatic rings. The van der Waals surface area contributed by atoms with Gasteiger partial charge in [-0.1, -0.05) is 13.8 Å². The molecule has 2 aromatic heterocycles. The van der Waals surface area contributed by atoms with Crippen molar-refractivity contribution in [3.63, 3.8) is 0 Å². The average Bonchev–Trinajstić information content (AvgIpc) is 2.17. The van der Waals surface area contributed by atoms with Crippen LogP contribution in [0.4, 0.5) is 0 Å². The second-order valence-corrected chi connectivity index (χ2v) is 3.48. The van der Waals surface area contributed by atoms with Gasteiger partial charge in [0.25, 0.3) is 0 Å². The van der Waals surface area contributed by atoms with Crippen molar-refractivity contribution in [2.24, 2.45) is 0 Å². The number of nitrogens with zero attached hydrogens (tertiary/aromatic N) is 2. The van der Waals surface area contributed by atoms with E-state index in [0.29, 0.717) is 5.92 Å². The van der Waals surface area contributed by atoms with Crippen LogP contribution in [0.2, 0.25) is 0 Å². The van der Waals surface area contributed by atoms with E-state index < -0.39 is 0 Å². The highest BCUT2D eigenvalue weighted by molar-refractivity contribution is 5.84. The number of hydrogen-bond donors (Lipinski definition) is 0. The van der Waals surface area contributed by atoms with Crippen LogP contribution in [0, 0.1) is 0 Å². The summed E-state index contributed by atoms with van der Waals surface area (Å²) >= 11 is 0. The van der Waals surface area contributed by atoms with E-state index in [4.69, 9.17) is 0 Å². The molecule has 0 atom stereocenters. The topological polar surface area (TPSA) is 25.8 Å². The van der Waals surface area contributed by atoms with E-state index >= 15 is 0 Å². The Bertz CT molecular complexity index is 416. The largest absolute Gasteiger partial charge is 0.264 e. The Morgan fingerprint density at radius 2 is 1.85 bits per heavy atom. The number of rotatable bonds is 1. The quantitative estimate of drug-likeness (QED) is 0.661. The molecule has 0 aromatic carbocycles. The van der Waals surface area contributed by atoms with Crippen LogP contribution in [-0.4, -0.2) is 9.97 Å². The maximum absolute atomic E-state index is 4.19. The summed E-state index contributed by atoms with van der Waals surface area (Å²) in [5.41, 5.74) is 1.29. The molecule has 2 rings (SSSR count). The Morgan fingerprint density at radius 1 is 1.08 bits per heavy atom. The van der Waals surface area contributed by atoms with E-state index in [2.05, 4.69) is 23.8 Å². The number of fused-ring (bicyclic) bond motifs is 1. The third-order valence-corrected chi connectivity index (χ3v) is 2.21. The van der Waals surface area contributed by atoms with Crippen LogP contribution in [0.25, 0.3) is 10.8 Å². The molecular formula is C11H12N2. The Kier molecular flexibility index (Phi) is 1.97. The Balaban J connectivity index is 2.76. The first kappa shape index (κ1) is 8.17. The predicted molar refractivity (Wildman–Crippen MR) is 53.6 cm³/mol. The molecule has 0 fully saturated rings. The molecular weight excluding hydrogens is 160 g/mol. The summed E-state index contributed by atoms with van der Waals surface area (Å²) in [6.45, 7) is 4.35. The zero-order chi connectivity index (χ0) is 9.26. The Morgan fingerprint density at radius 3 is 2.62 bits per heavy atom. The van der Waals surface area contributed by atoms with Gasteiger partial charge in [0.2, 0.25) is 0 Å². The minimum atomic E-state index is 0.513. The van der Waals surface area contributed by atoms with Crippen LogP contribution in [0.3, 0.4) is 0 Å². The molecule has 0 amide bonds. The van der Waals surface area contributed by atoms with Gasteiger partial charge in [-0.25, -0.2) is 0 Å².